The SMILES string of the molecule is c1ccc2c(-n3c4ccccc4c4ccc(-n5c6ccccc6c6ccc(-n7c8ccccc8c8ccccc87)cc65)cc43)cccc2c1. The molecule has 3 nitrogen and oxygen atoms in total. The van der Waals surface area contributed by atoms with Gasteiger partial charge in [0.05, 0.1) is 38.8 Å². The van der Waals surface area contributed by atoms with Crippen LogP contribution >= 0.6 is 0 Å². The Hall–Kier alpha value is -6.58. The largest absolute Gasteiger partial charge is 0.309 e. The van der Waals surface area contributed by atoms with Gasteiger partial charge in [-0.25, -0.2) is 0 Å². The zero-order valence-electron chi connectivity index (χ0n) is 26.6. The normalized spacial score (nSPS) is 12.1. The molecule has 11 rings (SSSR count). The average molecular weight is 624 g/mol. The van der Waals surface area contributed by atoms with Crippen molar-refractivity contribution in [2.24, 2.45) is 0 Å². The van der Waals surface area contributed by atoms with Crippen molar-refractivity contribution in [1.82, 2.24) is 13.7 Å². The lowest BCUT2D eigenvalue weighted by atomic mass is 10.1. The van der Waals surface area contributed by atoms with Crippen LogP contribution in [-0.2, 0) is 0 Å². The maximum absolute atomic E-state index is 2.45. The first-order valence-electron chi connectivity index (χ1n) is 16.9. The molecule has 0 aliphatic heterocycles. The van der Waals surface area contributed by atoms with Crippen molar-refractivity contribution in [2.75, 3.05) is 0 Å². The van der Waals surface area contributed by atoms with Gasteiger partial charge >= 0.3 is 0 Å². The zero-order valence-corrected chi connectivity index (χ0v) is 26.6. The molecule has 228 valence electrons. The van der Waals surface area contributed by atoms with Gasteiger partial charge in [-0.1, -0.05) is 121 Å². The predicted molar refractivity (Wildman–Crippen MR) is 207 cm³/mol. The lowest BCUT2D eigenvalue weighted by molar-refractivity contribution is 1.15. The van der Waals surface area contributed by atoms with E-state index in [1.54, 1.807) is 0 Å². The summed E-state index contributed by atoms with van der Waals surface area (Å²) in [6.45, 7) is 0. The van der Waals surface area contributed by atoms with Crippen LogP contribution < -0.4 is 0 Å². The molecule has 0 atom stereocenters. The molecule has 0 fully saturated rings. The molecule has 8 aromatic carbocycles. The second kappa shape index (κ2) is 9.96. The Labute approximate surface area is 282 Å². The maximum atomic E-state index is 2.45. The Morgan fingerprint density at radius 2 is 0.612 bits per heavy atom. The molecule has 49 heavy (non-hydrogen) atoms. The fourth-order valence-corrected chi connectivity index (χ4v) is 8.34. The first-order valence-corrected chi connectivity index (χ1v) is 16.9. The quantitative estimate of drug-likeness (QED) is 0.186. The van der Waals surface area contributed by atoms with Crippen molar-refractivity contribution in [1.29, 1.82) is 0 Å². The molecular formula is C46H29N3. The Bertz CT molecular complexity index is 3060. The van der Waals surface area contributed by atoms with E-state index in [0.717, 1.165) is 11.4 Å². The topological polar surface area (TPSA) is 14.8 Å². The van der Waals surface area contributed by atoms with Crippen molar-refractivity contribution in [3.05, 3.63) is 176 Å². The van der Waals surface area contributed by atoms with Gasteiger partial charge in [-0.3, -0.25) is 0 Å². The number of hydrogen-bond donors (Lipinski definition) is 0. The van der Waals surface area contributed by atoms with E-state index in [1.807, 2.05) is 0 Å². The van der Waals surface area contributed by atoms with Crippen molar-refractivity contribution >= 4 is 76.2 Å². The lowest BCUT2D eigenvalue weighted by Gasteiger charge is -2.14. The predicted octanol–water partition coefficient (Wildman–Crippen LogP) is 12.1. The third kappa shape index (κ3) is 3.67. The molecule has 0 saturated heterocycles. The number of nitrogens with zero attached hydrogens (tertiary/aromatic N) is 3. The summed E-state index contributed by atoms with van der Waals surface area (Å²) in [5, 5.41) is 10.0. The highest BCUT2D eigenvalue weighted by molar-refractivity contribution is 6.14. The van der Waals surface area contributed by atoms with Gasteiger partial charge in [-0.05, 0) is 60.0 Å². The van der Waals surface area contributed by atoms with Gasteiger partial charge in [0.25, 0.3) is 0 Å². The highest BCUT2D eigenvalue weighted by Gasteiger charge is 2.19. The zero-order chi connectivity index (χ0) is 32.1. The number of para-hydroxylation sites is 4. The Kier molecular flexibility index (Phi) is 5.38. The van der Waals surface area contributed by atoms with Crippen molar-refractivity contribution in [3.8, 4) is 17.1 Å². The summed E-state index contributed by atoms with van der Waals surface area (Å²) < 4.78 is 7.31. The van der Waals surface area contributed by atoms with E-state index in [4.69, 9.17) is 0 Å². The first kappa shape index (κ1) is 26.5. The molecule has 0 spiro atoms. The van der Waals surface area contributed by atoms with E-state index in [0.29, 0.717) is 0 Å². The molecular weight excluding hydrogens is 595 g/mol. The molecule has 0 saturated carbocycles. The minimum Gasteiger partial charge on any atom is -0.309 e. The van der Waals surface area contributed by atoms with Crippen LogP contribution in [0.1, 0.15) is 0 Å². The summed E-state index contributed by atoms with van der Waals surface area (Å²) in [6.07, 6.45) is 0. The van der Waals surface area contributed by atoms with Crippen LogP contribution in [0.3, 0.4) is 0 Å². The van der Waals surface area contributed by atoms with Crippen LogP contribution in [-0.4, -0.2) is 13.7 Å². The molecule has 3 heteroatoms. The summed E-state index contributed by atoms with van der Waals surface area (Å²) in [5.41, 5.74) is 10.7. The molecule has 0 bridgehead atoms. The van der Waals surface area contributed by atoms with Crippen LogP contribution in [0.25, 0.3) is 93.3 Å². The summed E-state index contributed by atoms with van der Waals surface area (Å²) >= 11 is 0. The van der Waals surface area contributed by atoms with Crippen LogP contribution in [0.15, 0.2) is 176 Å². The Morgan fingerprint density at radius 1 is 0.245 bits per heavy atom. The number of aromatic nitrogens is 3. The van der Waals surface area contributed by atoms with Crippen molar-refractivity contribution in [3.63, 3.8) is 0 Å². The van der Waals surface area contributed by atoms with E-state index in [1.165, 1.54) is 81.9 Å². The van der Waals surface area contributed by atoms with Gasteiger partial charge in [0.2, 0.25) is 0 Å². The van der Waals surface area contributed by atoms with Gasteiger partial charge < -0.3 is 13.7 Å². The van der Waals surface area contributed by atoms with Crippen LogP contribution in [0.2, 0.25) is 0 Å². The van der Waals surface area contributed by atoms with E-state index < -0.39 is 0 Å². The third-order valence-electron chi connectivity index (χ3n) is 10.4. The molecule has 0 amide bonds. The molecule has 0 aliphatic carbocycles. The third-order valence-corrected chi connectivity index (χ3v) is 10.4. The minimum absolute atomic E-state index is 1.14. The second-order valence-corrected chi connectivity index (χ2v) is 13.0. The maximum Gasteiger partial charge on any atom is 0.0562 e. The van der Waals surface area contributed by atoms with E-state index >= 15 is 0 Å². The Balaban J connectivity index is 1.23. The number of benzene rings is 8. The van der Waals surface area contributed by atoms with Gasteiger partial charge in [0.15, 0.2) is 0 Å². The molecule has 0 radical (unpaired) electrons. The summed E-state index contributed by atoms with van der Waals surface area (Å²) in [4.78, 5) is 0. The van der Waals surface area contributed by atoms with Crippen molar-refractivity contribution in [2.45, 2.75) is 0 Å². The highest BCUT2D eigenvalue weighted by atomic mass is 15.0. The molecule has 0 N–H and O–H groups in total. The average Bonchev–Trinajstić information content (AvgIpc) is 3.80. The van der Waals surface area contributed by atoms with Gasteiger partial charge in [-0.15, -0.1) is 0 Å². The lowest BCUT2D eigenvalue weighted by Crippen LogP contribution is -1.98. The first-order chi connectivity index (χ1) is 24.3. The number of fused-ring (bicyclic) bond motifs is 10. The van der Waals surface area contributed by atoms with Crippen LogP contribution in [0.5, 0.6) is 0 Å². The van der Waals surface area contributed by atoms with E-state index in [9.17, 15) is 0 Å². The fourth-order valence-electron chi connectivity index (χ4n) is 8.34. The molecule has 0 aliphatic rings. The van der Waals surface area contributed by atoms with Crippen LogP contribution in [0.4, 0.5) is 0 Å². The smallest absolute Gasteiger partial charge is 0.0562 e. The highest BCUT2D eigenvalue weighted by Crippen LogP contribution is 2.39. The molecule has 3 aromatic heterocycles. The summed E-state index contributed by atoms with van der Waals surface area (Å²) in [7, 11) is 0. The monoisotopic (exact) mass is 623 g/mol. The fraction of sp³-hybridized carbons (Fsp3) is 0. The van der Waals surface area contributed by atoms with Crippen LogP contribution in [0, 0.1) is 0 Å². The Morgan fingerprint density at radius 3 is 1.14 bits per heavy atom. The molecule has 0 unspecified atom stereocenters. The minimum atomic E-state index is 1.14. The standard InChI is InChI=1S/C46H29N3/c1-2-14-33-30(12-1)13-11-23-40(33)49-44-22-10-6-18-37(44)39-27-25-32(29-46(39)49)48-43-21-9-5-17-36(43)38-26-24-31(28-45(38)48)47-41-19-7-3-15-34(41)35-16-4-8-20-42(35)47/h1-29H. The van der Waals surface area contributed by atoms with Gasteiger partial charge in [-0.2, -0.15) is 0 Å². The van der Waals surface area contributed by atoms with E-state index in [-0.39, 0.29) is 0 Å². The van der Waals surface area contributed by atoms with Crippen molar-refractivity contribution < 1.29 is 0 Å². The van der Waals surface area contributed by atoms with Gasteiger partial charge in [0, 0.05) is 49.1 Å². The summed E-state index contributed by atoms with van der Waals surface area (Å²) in [6, 6.07) is 64.3. The summed E-state index contributed by atoms with van der Waals surface area (Å²) in [5.74, 6) is 0. The van der Waals surface area contributed by atoms with E-state index in [2.05, 4.69) is 190 Å². The van der Waals surface area contributed by atoms with Gasteiger partial charge in [0.1, 0.15) is 0 Å². The molecule has 3 heterocycles. The molecule has 11 aromatic rings. The number of hydrogen-bond acceptors (Lipinski definition) is 0. The number of rotatable bonds is 3. The second-order valence-electron chi connectivity index (χ2n) is 13.0.